The van der Waals surface area contributed by atoms with Crippen LogP contribution in [0.25, 0.3) is 0 Å². The average molecular weight is 294 g/mol. The highest BCUT2D eigenvalue weighted by molar-refractivity contribution is 6.35. The number of rotatable bonds is 4. The third-order valence-electron chi connectivity index (χ3n) is 3.36. The largest absolute Gasteiger partial charge is 0.467 e. The van der Waals surface area contributed by atoms with Gasteiger partial charge in [0.2, 0.25) is 0 Å². The van der Waals surface area contributed by atoms with Crippen LogP contribution in [0.1, 0.15) is 30.0 Å². The lowest BCUT2D eigenvalue weighted by atomic mass is 10.2. The molecule has 114 valence electrons. The molecular formula is C13H18N4O4. The van der Waals surface area contributed by atoms with E-state index in [0.29, 0.717) is 18.8 Å². The second-order valence-corrected chi connectivity index (χ2v) is 5.09. The second-order valence-electron chi connectivity index (χ2n) is 5.09. The number of nitrogens with one attached hydrogen (secondary N) is 1. The molecule has 0 unspecified atom stereocenters. The molecule has 1 aromatic rings. The molecule has 0 aliphatic carbocycles. The number of furan rings is 1. The summed E-state index contributed by atoms with van der Waals surface area (Å²) in [6.07, 6.45) is 1.26. The molecule has 3 amide bonds. The Morgan fingerprint density at radius 3 is 2.71 bits per heavy atom. The van der Waals surface area contributed by atoms with Crippen LogP contribution in [0.3, 0.4) is 0 Å². The van der Waals surface area contributed by atoms with Crippen LogP contribution < -0.4 is 11.3 Å². The van der Waals surface area contributed by atoms with E-state index in [9.17, 15) is 14.4 Å². The maximum absolute atomic E-state index is 12.0. The Morgan fingerprint density at radius 1 is 1.38 bits per heavy atom. The predicted octanol–water partition coefficient (Wildman–Crippen LogP) is -0.538. The number of carbonyl (C=O) groups excluding carboxylic acids is 3. The van der Waals surface area contributed by atoms with Gasteiger partial charge < -0.3 is 14.2 Å². The minimum atomic E-state index is -0.559. The smallest absolute Gasteiger partial charge is 0.312 e. The Labute approximate surface area is 121 Å². The predicted molar refractivity (Wildman–Crippen MR) is 72.6 cm³/mol. The molecule has 21 heavy (non-hydrogen) atoms. The van der Waals surface area contributed by atoms with Crippen molar-refractivity contribution in [1.29, 1.82) is 0 Å². The van der Waals surface area contributed by atoms with Crippen LogP contribution >= 0.6 is 0 Å². The summed E-state index contributed by atoms with van der Waals surface area (Å²) >= 11 is 0. The first-order valence-corrected chi connectivity index (χ1v) is 6.62. The van der Waals surface area contributed by atoms with E-state index in [2.05, 4.69) is 0 Å². The molecular weight excluding hydrogens is 276 g/mol. The van der Waals surface area contributed by atoms with Gasteiger partial charge in [0.15, 0.2) is 0 Å². The maximum atomic E-state index is 12.0. The zero-order chi connectivity index (χ0) is 15.6. The summed E-state index contributed by atoms with van der Waals surface area (Å²) in [6.45, 7) is 4.80. The zero-order valence-corrected chi connectivity index (χ0v) is 12.0. The molecule has 0 saturated carbocycles. The quantitative estimate of drug-likeness (QED) is 0.335. The number of hydrogen-bond acceptors (Lipinski definition) is 5. The summed E-state index contributed by atoms with van der Waals surface area (Å²) in [4.78, 5) is 38.2. The SMILES string of the molecule is CC(C)N1CCN(Cc2cc(C(=O)NN)co2)C(=O)C1=O. The van der Waals surface area contributed by atoms with E-state index < -0.39 is 17.7 Å². The van der Waals surface area contributed by atoms with Gasteiger partial charge in [-0.25, -0.2) is 5.84 Å². The van der Waals surface area contributed by atoms with Crippen molar-refractivity contribution >= 4 is 17.7 Å². The fraction of sp³-hybridized carbons (Fsp3) is 0.462. The molecule has 8 heteroatoms. The van der Waals surface area contributed by atoms with Crippen molar-refractivity contribution in [3.05, 3.63) is 23.7 Å². The van der Waals surface area contributed by atoms with Gasteiger partial charge in [-0.3, -0.25) is 19.8 Å². The fourth-order valence-electron chi connectivity index (χ4n) is 2.19. The van der Waals surface area contributed by atoms with Crippen molar-refractivity contribution in [2.24, 2.45) is 5.84 Å². The fourth-order valence-corrected chi connectivity index (χ4v) is 2.19. The summed E-state index contributed by atoms with van der Waals surface area (Å²) in [5.74, 6) is 3.90. The van der Waals surface area contributed by atoms with Crippen molar-refractivity contribution in [3.63, 3.8) is 0 Å². The minimum absolute atomic E-state index is 0.00735. The molecule has 0 bridgehead atoms. The van der Waals surface area contributed by atoms with E-state index in [-0.39, 0.29) is 18.2 Å². The van der Waals surface area contributed by atoms with Gasteiger partial charge in [0.1, 0.15) is 12.0 Å². The van der Waals surface area contributed by atoms with Crippen LogP contribution in [0.2, 0.25) is 0 Å². The molecule has 1 aliphatic heterocycles. The minimum Gasteiger partial charge on any atom is -0.467 e. The van der Waals surface area contributed by atoms with Gasteiger partial charge in [0, 0.05) is 19.1 Å². The lowest BCUT2D eigenvalue weighted by Gasteiger charge is -2.35. The van der Waals surface area contributed by atoms with E-state index >= 15 is 0 Å². The maximum Gasteiger partial charge on any atom is 0.312 e. The number of hydrogen-bond donors (Lipinski definition) is 2. The summed E-state index contributed by atoms with van der Waals surface area (Å²) in [5.41, 5.74) is 2.26. The van der Waals surface area contributed by atoms with Gasteiger partial charge in [-0.1, -0.05) is 0 Å². The highest BCUT2D eigenvalue weighted by atomic mass is 16.3. The standard InChI is InChI=1S/C13H18N4O4/c1-8(2)17-4-3-16(12(19)13(17)20)6-10-5-9(7-21-10)11(18)15-14/h5,7-8H,3-4,6,14H2,1-2H3,(H,15,18). The van der Waals surface area contributed by atoms with Gasteiger partial charge >= 0.3 is 11.8 Å². The highest BCUT2D eigenvalue weighted by Crippen LogP contribution is 2.15. The monoisotopic (exact) mass is 294 g/mol. The van der Waals surface area contributed by atoms with E-state index in [4.69, 9.17) is 10.3 Å². The summed E-state index contributed by atoms with van der Waals surface area (Å²) in [7, 11) is 0. The van der Waals surface area contributed by atoms with Crippen LogP contribution in [0.15, 0.2) is 16.7 Å². The van der Waals surface area contributed by atoms with E-state index in [0.717, 1.165) is 0 Å². The molecule has 1 fully saturated rings. The van der Waals surface area contributed by atoms with Crippen LogP contribution in [-0.4, -0.2) is 46.7 Å². The number of hydrazine groups is 1. The molecule has 8 nitrogen and oxygen atoms in total. The number of nitrogen functional groups attached to an aromatic ring is 1. The third-order valence-corrected chi connectivity index (χ3v) is 3.36. The zero-order valence-electron chi connectivity index (χ0n) is 12.0. The Morgan fingerprint density at radius 2 is 2.10 bits per heavy atom. The Kier molecular flexibility index (Phi) is 4.27. The van der Waals surface area contributed by atoms with Crippen molar-refractivity contribution < 1.29 is 18.8 Å². The average Bonchev–Trinajstić information content (AvgIpc) is 2.91. The van der Waals surface area contributed by atoms with Gasteiger partial charge in [-0.05, 0) is 19.9 Å². The van der Waals surface area contributed by atoms with Gasteiger partial charge in [0.05, 0.1) is 12.1 Å². The number of piperazine rings is 1. The highest BCUT2D eigenvalue weighted by Gasteiger charge is 2.34. The van der Waals surface area contributed by atoms with Gasteiger partial charge in [-0.2, -0.15) is 0 Å². The lowest BCUT2D eigenvalue weighted by Crippen LogP contribution is -2.55. The first kappa shape index (κ1) is 15.0. The first-order chi connectivity index (χ1) is 9.93. The Hall–Kier alpha value is -2.35. The molecule has 0 spiro atoms. The van der Waals surface area contributed by atoms with E-state index in [1.165, 1.54) is 22.1 Å². The summed E-state index contributed by atoms with van der Waals surface area (Å²) in [6, 6.07) is 1.49. The van der Waals surface area contributed by atoms with Crippen LogP contribution in [0.4, 0.5) is 0 Å². The molecule has 0 aromatic carbocycles. The Bertz CT molecular complexity index is 566. The summed E-state index contributed by atoms with van der Waals surface area (Å²) < 4.78 is 5.21. The molecule has 1 aromatic heterocycles. The van der Waals surface area contributed by atoms with Gasteiger partial charge in [-0.15, -0.1) is 0 Å². The number of carbonyl (C=O) groups is 3. The summed E-state index contributed by atoms with van der Waals surface area (Å²) in [5, 5.41) is 0. The van der Waals surface area contributed by atoms with Crippen LogP contribution in [-0.2, 0) is 16.1 Å². The molecule has 1 saturated heterocycles. The number of nitrogens with two attached hydrogens (primary N) is 1. The number of amides is 3. The van der Waals surface area contributed by atoms with Crippen molar-refractivity contribution in [3.8, 4) is 0 Å². The van der Waals surface area contributed by atoms with Crippen LogP contribution in [0.5, 0.6) is 0 Å². The molecule has 1 aliphatic rings. The normalized spacial score (nSPS) is 15.8. The van der Waals surface area contributed by atoms with Gasteiger partial charge in [0.25, 0.3) is 5.91 Å². The first-order valence-electron chi connectivity index (χ1n) is 6.62. The molecule has 0 atom stereocenters. The molecule has 2 heterocycles. The van der Waals surface area contributed by atoms with Crippen LogP contribution in [0, 0.1) is 0 Å². The molecule has 3 N–H and O–H groups in total. The Balaban J connectivity index is 2.04. The second kappa shape index (κ2) is 5.96. The van der Waals surface area contributed by atoms with Crippen molar-refractivity contribution in [2.45, 2.75) is 26.4 Å². The lowest BCUT2D eigenvalue weighted by molar-refractivity contribution is -0.157. The van der Waals surface area contributed by atoms with Crippen molar-refractivity contribution in [1.82, 2.24) is 15.2 Å². The van der Waals surface area contributed by atoms with Crippen molar-refractivity contribution in [2.75, 3.05) is 13.1 Å². The third kappa shape index (κ3) is 3.05. The number of nitrogens with zero attached hydrogens (tertiary/aromatic N) is 2. The molecule has 0 radical (unpaired) electrons. The van der Waals surface area contributed by atoms with E-state index in [1.807, 2.05) is 19.3 Å². The molecule has 2 rings (SSSR count). The van der Waals surface area contributed by atoms with E-state index in [1.54, 1.807) is 0 Å². The topological polar surface area (TPSA) is 109 Å².